The van der Waals surface area contributed by atoms with E-state index in [9.17, 15) is 0 Å². The molecule has 2 heteroatoms. The number of nitrogens with two attached hydrogens (primary N) is 2. The van der Waals surface area contributed by atoms with Gasteiger partial charge in [-0.15, -0.1) is 0 Å². The first-order chi connectivity index (χ1) is 10.8. The van der Waals surface area contributed by atoms with Gasteiger partial charge in [-0.25, -0.2) is 0 Å². The van der Waals surface area contributed by atoms with Crippen molar-refractivity contribution in [3.63, 3.8) is 0 Å². The van der Waals surface area contributed by atoms with Crippen LogP contribution in [0.1, 0.15) is 72.6 Å². The highest BCUT2D eigenvalue weighted by molar-refractivity contribution is 5.47. The molecule has 23 heavy (non-hydrogen) atoms. The fourth-order valence-electron chi connectivity index (χ4n) is 2.45. The van der Waals surface area contributed by atoms with Crippen molar-refractivity contribution in [3.8, 4) is 0 Å². The Balaban J connectivity index is 4.88. The van der Waals surface area contributed by atoms with E-state index in [0.717, 1.165) is 30.4 Å². The molecule has 0 aromatic carbocycles. The van der Waals surface area contributed by atoms with Crippen LogP contribution in [0.4, 0.5) is 0 Å². The molecule has 0 heterocycles. The second-order valence-corrected chi connectivity index (χ2v) is 6.84. The minimum Gasteiger partial charge on any atom is -0.399 e. The average Bonchev–Trinajstić information content (AvgIpc) is 2.52. The molecule has 0 amide bonds. The van der Waals surface area contributed by atoms with Crippen molar-refractivity contribution in [2.45, 2.75) is 72.6 Å². The van der Waals surface area contributed by atoms with Gasteiger partial charge < -0.3 is 11.5 Å². The van der Waals surface area contributed by atoms with Crippen molar-refractivity contribution in [2.24, 2.45) is 17.4 Å². The van der Waals surface area contributed by atoms with Gasteiger partial charge in [-0.2, -0.15) is 0 Å². The lowest BCUT2D eigenvalue weighted by Gasteiger charge is -2.14. The highest BCUT2D eigenvalue weighted by atomic mass is 14.6. The molecule has 0 unspecified atom stereocenters. The molecule has 0 saturated heterocycles. The molecule has 0 rings (SSSR count). The van der Waals surface area contributed by atoms with Crippen molar-refractivity contribution < 1.29 is 0 Å². The molecule has 132 valence electrons. The van der Waals surface area contributed by atoms with Gasteiger partial charge in [-0.05, 0) is 69.2 Å². The average molecular weight is 319 g/mol. The van der Waals surface area contributed by atoms with Crippen LogP contribution in [0.15, 0.2) is 47.2 Å². The lowest BCUT2D eigenvalue weighted by atomic mass is 9.93. The molecule has 0 radical (unpaired) electrons. The predicted molar refractivity (Wildman–Crippen MR) is 105 cm³/mol. The summed E-state index contributed by atoms with van der Waals surface area (Å²) in [5, 5.41) is 0. The van der Waals surface area contributed by atoms with Crippen LogP contribution in [-0.2, 0) is 0 Å². The molecular formula is C21H38N2. The van der Waals surface area contributed by atoms with Crippen molar-refractivity contribution in [3.05, 3.63) is 47.2 Å². The Morgan fingerprint density at radius 1 is 1.09 bits per heavy atom. The van der Waals surface area contributed by atoms with Gasteiger partial charge in [0.05, 0.1) is 0 Å². The maximum absolute atomic E-state index is 5.99. The zero-order valence-corrected chi connectivity index (χ0v) is 15.9. The summed E-state index contributed by atoms with van der Waals surface area (Å²) in [5.41, 5.74) is 17.1. The number of unbranched alkanes of at least 4 members (excludes halogenated alkanes) is 3. The molecule has 0 spiro atoms. The predicted octanol–water partition coefficient (Wildman–Crippen LogP) is 5.62. The lowest BCUT2D eigenvalue weighted by molar-refractivity contribution is 0.545. The first-order valence-corrected chi connectivity index (χ1v) is 9.04. The molecule has 4 N–H and O–H groups in total. The summed E-state index contributed by atoms with van der Waals surface area (Å²) in [5.74, 6) is 0.510. The Morgan fingerprint density at radius 2 is 1.74 bits per heavy atom. The van der Waals surface area contributed by atoms with Crippen LogP contribution in [0.2, 0.25) is 0 Å². The van der Waals surface area contributed by atoms with E-state index in [1.807, 2.05) is 0 Å². The van der Waals surface area contributed by atoms with Crippen molar-refractivity contribution in [1.29, 1.82) is 0 Å². The maximum atomic E-state index is 5.99. The lowest BCUT2D eigenvalue weighted by Crippen LogP contribution is -2.11. The van der Waals surface area contributed by atoms with Gasteiger partial charge in [-0.1, -0.05) is 57.4 Å². The minimum absolute atomic E-state index is 0.510. The largest absolute Gasteiger partial charge is 0.399 e. The molecule has 0 aromatic heterocycles. The Labute approximate surface area is 144 Å². The third-order valence-corrected chi connectivity index (χ3v) is 4.51. The van der Waals surface area contributed by atoms with E-state index in [2.05, 4.69) is 46.9 Å². The van der Waals surface area contributed by atoms with Crippen molar-refractivity contribution >= 4 is 0 Å². The Morgan fingerprint density at radius 3 is 2.26 bits per heavy atom. The monoisotopic (exact) mass is 318 g/mol. The molecule has 0 bridgehead atoms. The standard InChI is InChI=1S/C21H38N2/c1-7-8-9-10-11-17(3)19(5)14-21(20(6)23)18(4)13-12-16(2)15-22/h14,16H,4,6-13,15,22-23H2,1-3,5H3/b19-17+,21-14-/t16-/m1/s1. The van der Waals surface area contributed by atoms with Crippen LogP contribution in [0, 0.1) is 5.92 Å². The summed E-state index contributed by atoms with van der Waals surface area (Å²) in [7, 11) is 0. The highest BCUT2D eigenvalue weighted by Gasteiger charge is 2.08. The van der Waals surface area contributed by atoms with Crippen molar-refractivity contribution in [1.82, 2.24) is 0 Å². The maximum Gasteiger partial charge on any atom is 0.0317 e. The number of hydrogen-bond donors (Lipinski definition) is 2. The Bertz CT molecular complexity index is 441. The zero-order valence-electron chi connectivity index (χ0n) is 15.9. The van der Waals surface area contributed by atoms with Gasteiger partial charge in [0.15, 0.2) is 0 Å². The Hall–Kier alpha value is -1.28. The molecule has 1 atom stereocenters. The van der Waals surface area contributed by atoms with E-state index < -0.39 is 0 Å². The van der Waals surface area contributed by atoms with Gasteiger partial charge in [-0.3, -0.25) is 0 Å². The van der Waals surface area contributed by atoms with Crippen molar-refractivity contribution in [2.75, 3.05) is 6.54 Å². The third kappa shape index (κ3) is 9.45. The fraction of sp³-hybridized carbons (Fsp3) is 0.619. The zero-order chi connectivity index (χ0) is 17.8. The second kappa shape index (κ2) is 12.2. The van der Waals surface area contributed by atoms with Crippen LogP contribution in [-0.4, -0.2) is 6.54 Å². The summed E-state index contributed by atoms with van der Waals surface area (Å²) in [6, 6.07) is 0. The topological polar surface area (TPSA) is 52.0 Å². The van der Waals surface area contributed by atoms with Gasteiger partial charge in [0.25, 0.3) is 0 Å². The molecular weight excluding hydrogens is 280 g/mol. The van der Waals surface area contributed by atoms with E-state index in [1.165, 1.54) is 36.8 Å². The van der Waals surface area contributed by atoms with E-state index in [4.69, 9.17) is 11.5 Å². The number of hydrogen-bond acceptors (Lipinski definition) is 2. The first kappa shape index (κ1) is 21.7. The first-order valence-electron chi connectivity index (χ1n) is 9.04. The number of allylic oxidation sites excluding steroid dienone is 4. The highest BCUT2D eigenvalue weighted by Crippen LogP contribution is 2.24. The van der Waals surface area contributed by atoms with Gasteiger partial charge >= 0.3 is 0 Å². The van der Waals surface area contributed by atoms with E-state index in [1.54, 1.807) is 0 Å². The van der Waals surface area contributed by atoms with Gasteiger partial charge in [0.2, 0.25) is 0 Å². The van der Waals surface area contributed by atoms with E-state index in [0.29, 0.717) is 18.2 Å². The Kier molecular flexibility index (Phi) is 11.5. The summed E-state index contributed by atoms with van der Waals surface area (Å²) in [4.78, 5) is 0. The van der Waals surface area contributed by atoms with Gasteiger partial charge in [0, 0.05) is 5.70 Å². The van der Waals surface area contributed by atoms with Gasteiger partial charge in [0.1, 0.15) is 0 Å². The van der Waals surface area contributed by atoms with Crippen LogP contribution < -0.4 is 11.5 Å². The molecule has 0 aromatic rings. The normalized spacial score (nSPS) is 14.4. The SMILES string of the molecule is C=C(N)/C(=C\C(C)=C(/C)CCCCCC)C(=C)CC[C@@H](C)CN. The second-order valence-electron chi connectivity index (χ2n) is 6.84. The quantitative estimate of drug-likeness (QED) is 0.362. The third-order valence-electron chi connectivity index (χ3n) is 4.51. The summed E-state index contributed by atoms with van der Waals surface area (Å²) < 4.78 is 0. The van der Waals surface area contributed by atoms with E-state index in [-0.39, 0.29) is 0 Å². The van der Waals surface area contributed by atoms with Crippen LogP contribution in [0.5, 0.6) is 0 Å². The molecule has 0 fully saturated rings. The van der Waals surface area contributed by atoms with Crippen LogP contribution >= 0.6 is 0 Å². The molecule has 0 saturated carbocycles. The summed E-state index contributed by atoms with van der Waals surface area (Å²) >= 11 is 0. The summed E-state index contributed by atoms with van der Waals surface area (Å²) in [6.45, 7) is 17.6. The van der Waals surface area contributed by atoms with Crippen LogP contribution in [0.3, 0.4) is 0 Å². The molecule has 0 aliphatic carbocycles. The molecule has 0 aliphatic heterocycles. The smallest absolute Gasteiger partial charge is 0.0317 e. The van der Waals surface area contributed by atoms with Crippen LogP contribution in [0.25, 0.3) is 0 Å². The van der Waals surface area contributed by atoms with E-state index >= 15 is 0 Å². The number of rotatable bonds is 12. The summed E-state index contributed by atoms with van der Waals surface area (Å²) in [6.07, 6.45) is 10.4. The molecule has 2 nitrogen and oxygen atoms in total. The fourth-order valence-corrected chi connectivity index (χ4v) is 2.45. The minimum atomic E-state index is 0.510. The molecule has 0 aliphatic rings.